The monoisotopic (exact) mass is 701 g/mol. The molecule has 3 saturated heterocycles. The summed E-state index contributed by atoms with van der Waals surface area (Å²) >= 11 is 2.45. The fourth-order valence-corrected chi connectivity index (χ4v) is 7.81. The molecule has 49 heavy (non-hydrogen) atoms. The summed E-state index contributed by atoms with van der Waals surface area (Å²) in [6.45, 7) is 6.69. The molecule has 2 aromatic heterocycles. The van der Waals surface area contributed by atoms with Crippen molar-refractivity contribution in [2.75, 3.05) is 70.7 Å². The third-order valence-corrected chi connectivity index (χ3v) is 10.4. The van der Waals surface area contributed by atoms with Crippen LogP contribution in [0.1, 0.15) is 27.2 Å². The number of thioether (sulfide) groups is 1. The van der Waals surface area contributed by atoms with Gasteiger partial charge in [0, 0.05) is 55.1 Å². The number of aromatic carboxylic acids is 1. The van der Waals surface area contributed by atoms with Gasteiger partial charge in [-0.15, -0.1) is 11.3 Å². The van der Waals surface area contributed by atoms with Crippen LogP contribution in [0.15, 0.2) is 59.1 Å². The third kappa shape index (κ3) is 7.63. The van der Waals surface area contributed by atoms with Gasteiger partial charge in [0.2, 0.25) is 0 Å². The van der Waals surface area contributed by atoms with Crippen LogP contribution in [0.25, 0.3) is 28.1 Å². The lowest BCUT2D eigenvalue weighted by Gasteiger charge is -2.28. The van der Waals surface area contributed by atoms with Gasteiger partial charge in [0.15, 0.2) is 0 Å². The molecule has 0 radical (unpaired) electrons. The topological polar surface area (TPSA) is 135 Å². The molecule has 0 saturated carbocycles. The van der Waals surface area contributed by atoms with Gasteiger partial charge in [-0.05, 0) is 77.2 Å². The largest absolute Gasteiger partial charge is 0.493 e. The molecule has 4 aromatic rings. The average molecular weight is 702 g/mol. The number of morpholine rings is 2. The fourth-order valence-electron chi connectivity index (χ4n) is 6.03. The molecule has 1 N–H and O–H groups in total. The first-order valence-corrected chi connectivity index (χ1v) is 17.8. The Morgan fingerprint density at radius 1 is 0.959 bits per heavy atom. The van der Waals surface area contributed by atoms with Gasteiger partial charge in [-0.1, -0.05) is 6.07 Å². The lowest BCUT2D eigenvalue weighted by molar-refractivity contribution is -0.122. The summed E-state index contributed by atoms with van der Waals surface area (Å²) in [6.07, 6.45) is 3.81. The quantitative estimate of drug-likeness (QED) is 0.162. The zero-order valence-corrected chi connectivity index (χ0v) is 28.3. The van der Waals surface area contributed by atoms with E-state index in [4.69, 9.17) is 14.2 Å². The number of fused-ring (bicyclic) bond motifs is 1. The van der Waals surface area contributed by atoms with E-state index >= 15 is 0 Å². The fraction of sp³-hybridized carbons (Fsp3) is 0.343. The van der Waals surface area contributed by atoms with E-state index < -0.39 is 5.97 Å². The molecule has 3 aliphatic rings. The highest BCUT2D eigenvalue weighted by molar-refractivity contribution is 8.18. The van der Waals surface area contributed by atoms with Crippen LogP contribution in [-0.4, -0.2) is 108 Å². The molecule has 2 amide bonds. The van der Waals surface area contributed by atoms with Crippen molar-refractivity contribution in [2.45, 2.75) is 13.0 Å². The Morgan fingerprint density at radius 2 is 1.76 bits per heavy atom. The SMILES string of the molecule is O=C(O)c1ccc(OCCCN2C(=O)S/C(=C\c3cc(-c4ccc5ncnc(N6CCOCC6)c5c4)cs3)C2=O)c(CN2CCOCC2)c1. The second kappa shape index (κ2) is 15.0. The van der Waals surface area contributed by atoms with Crippen molar-refractivity contribution in [3.05, 3.63) is 75.1 Å². The van der Waals surface area contributed by atoms with Crippen molar-refractivity contribution in [1.82, 2.24) is 19.8 Å². The summed E-state index contributed by atoms with van der Waals surface area (Å²) in [5.74, 6) is 0.175. The molecule has 14 heteroatoms. The van der Waals surface area contributed by atoms with Crippen molar-refractivity contribution < 1.29 is 33.7 Å². The van der Waals surface area contributed by atoms with E-state index in [0.29, 0.717) is 50.0 Å². The van der Waals surface area contributed by atoms with Crippen LogP contribution in [0, 0.1) is 0 Å². The Morgan fingerprint density at radius 3 is 2.55 bits per heavy atom. The molecule has 3 aliphatic heterocycles. The van der Waals surface area contributed by atoms with Crippen molar-refractivity contribution in [1.29, 1.82) is 0 Å². The summed E-state index contributed by atoms with van der Waals surface area (Å²) < 4.78 is 17.0. The predicted molar refractivity (Wildman–Crippen MR) is 188 cm³/mol. The van der Waals surface area contributed by atoms with Gasteiger partial charge >= 0.3 is 5.97 Å². The number of rotatable bonds is 11. The number of anilines is 1. The van der Waals surface area contributed by atoms with Gasteiger partial charge in [0.1, 0.15) is 17.9 Å². The Hall–Kier alpha value is -4.34. The minimum absolute atomic E-state index is 0.197. The molecule has 0 spiro atoms. The molecule has 5 heterocycles. The van der Waals surface area contributed by atoms with Gasteiger partial charge in [-0.2, -0.15) is 0 Å². The number of hydrogen-bond acceptors (Lipinski definition) is 12. The van der Waals surface area contributed by atoms with Crippen molar-refractivity contribution >= 4 is 63.0 Å². The van der Waals surface area contributed by atoms with E-state index in [1.165, 1.54) is 22.3 Å². The molecular formula is C35H35N5O7S2. The molecule has 0 aliphatic carbocycles. The molecule has 12 nitrogen and oxygen atoms in total. The normalized spacial score (nSPS) is 18.2. The first-order chi connectivity index (χ1) is 23.9. The second-order valence-electron chi connectivity index (χ2n) is 11.8. The Bertz CT molecular complexity index is 1900. The number of carboxylic acids is 1. The van der Waals surface area contributed by atoms with E-state index in [-0.39, 0.29) is 29.9 Å². The minimum Gasteiger partial charge on any atom is -0.493 e. The maximum atomic E-state index is 13.3. The van der Waals surface area contributed by atoms with Gasteiger partial charge < -0.3 is 24.2 Å². The van der Waals surface area contributed by atoms with Crippen LogP contribution < -0.4 is 9.64 Å². The minimum atomic E-state index is -0.997. The number of benzene rings is 2. The van der Waals surface area contributed by atoms with Crippen molar-refractivity contribution in [3.8, 4) is 16.9 Å². The number of amides is 2. The molecule has 3 fully saturated rings. The van der Waals surface area contributed by atoms with Crippen LogP contribution in [0.4, 0.5) is 10.6 Å². The molecular weight excluding hydrogens is 667 g/mol. The lowest BCUT2D eigenvalue weighted by Crippen LogP contribution is -2.36. The number of ether oxygens (including phenoxy) is 3. The molecule has 0 bridgehead atoms. The van der Waals surface area contributed by atoms with E-state index in [1.54, 1.807) is 24.5 Å². The van der Waals surface area contributed by atoms with Gasteiger partial charge in [-0.25, -0.2) is 14.8 Å². The number of carbonyl (C=O) groups excluding carboxylic acids is 2. The van der Waals surface area contributed by atoms with Crippen molar-refractivity contribution in [2.24, 2.45) is 0 Å². The highest BCUT2D eigenvalue weighted by Crippen LogP contribution is 2.36. The lowest BCUT2D eigenvalue weighted by atomic mass is 10.1. The summed E-state index contributed by atoms with van der Waals surface area (Å²) in [6, 6.07) is 13.0. The number of carboxylic acid groups (broad SMARTS) is 1. The number of nitrogens with zero attached hydrogens (tertiary/aromatic N) is 5. The highest BCUT2D eigenvalue weighted by Gasteiger charge is 2.34. The van der Waals surface area contributed by atoms with Gasteiger partial charge in [0.05, 0.1) is 49.0 Å². The van der Waals surface area contributed by atoms with E-state index in [1.807, 2.05) is 23.6 Å². The Kier molecular flexibility index (Phi) is 10.2. The maximum Gasteiger partial charge on any atom is 0.335 e. The zero-order valence-electron chi connectivity index (χ0n) is 26.7. The van der Waals surface area contributed by atoms with Gasteiger partial charge in [-0.3, -0.25) is 19.4 Å². The Balaban J connectivity index is 0.983. The van der Waals surface area contributed by atoms with Crippen LogP contribution in [0.5, 0.6) is 5.75 Å². The number of imide groups is 1. The summed E-state index contributed by atoms with van der Waals surface area (Å²) in [4.78, 5) is 53.6. The van der Waals surface area contributed by atoms with Crippen LogP contribution in [-0.2, 0) is 20.8 Å². The average Bonchev–Trinajstić information content (AvgIpc) is 3.70. The maximum absolute atomic E-state index is 13.3. The summed E-state index contributed by atoms with van der Waals surface area (Å²) in [7, 11) is 0. The Labute approximate surface area is 291 Å². The van der Waals surface area contributed by atoms with Crippen molar-refractivity contribution in [3.63, 3.8) is 0 Å². The van der Waals surface area contributed by atoms with Crippen LogP contribution >= 0.6 is 23.1 Å². The number of hydrogen-bond donors (Lipinski definition) is 1. The smallest absolute Gasteiger partial charge is 0.335 e. The molecule has 0 unspecified atom stereocenters. The van der Waals surface area contributed by atoms with Gasteiger partial charge in [0.25, 0.3) is 11.1 Å². The number of thiophene rings is 1. The molecule has 2 aromatic carbocycles. The van der Waals surface area contributed by atoms with Crippen LogP contribution in [0.2, 0.25) is 0 Å². The van der Waals surface area contributed by atoms with E-state index in [2.05, 4.69) is 25.8 Å². The molecule has 7 rings (SSSR count). The number of aromatic nitrogens is 2. The molecule has 254 valence electrons. The van der Waals surface area contributed by atoms with E-state index in [9.17, 15) is 19.5 Å². The molecule has 0 atom stereocenters. The standard InChI is InChI=1S/C35H35N5O7S2/c41-33-31(19-27-17-26(21-48-27)23-2-4-29-28(18-23)32(37-22-36-29)39-9-14-46-15-10-39)49-35(44)40(33)6-1-11-47-30-5-3-24(34(42)43)16-25(30)20-38-7-12-45-13-8-38/h2-5,16-19,21-22H,1,6-15,20H2,(H,42,43)/b31-19-. The predicted octanol–water partition coefficient (Wildman–Crippen LogP) is 5.23. The first-order valence-electron chi connectivity index (χ1n) is 16.1. The number of carbonyl (C=O) groups is 3. The summed E-state index contributed by atoms with van der Waals surface area (Å²) in [5, 5.41) is 12.2. The highest BCUT2D eigenvalue weighted by atomic mass is 32.2. The van der Waals surface area contributed by atoms with Crippen LogP contribution in [0.3, 0.4) is 0 Å². The third-order valence-electron chi connectivity index (χ3n) is 8.61. The zero-order chi connectivity index (χ0) is 33.7. The summed E-state index contributed by atoms with van der Waals surface area (Å²) in [5.41, 5.74) is 3.88. The first kappa shape index (κ1) is 33.2. The van der Waals surface area contributed by atoms with E-state index in [0.717, 1.165) is 76.2 Å². The second-order valence-corrected chi connectivity index (χ2v) is 13.8.